The first-order valence-corrected chi connectivity index (χ1v) is 8.36. The lowest BCUT2D eigenvalue weighted by Gasteiger charge is -2.22. The summed E-state index contributed by atoms with van der Waals surface area (Å²) in [6.45, 7) is 5.84. The van der Waals surface area contributed by atoms with Gasteiger partial charge in [-0.15, -0.1) is 0 Å². The van der Waals surface area contributed by atoms with E-state index < -0.39 is 0 Å². The van der Waals surface area contributed by atoms with Gasteiger partial charge in [-0.2, -0.15) is 0 Å². The largest absolute Gasteiger partial charge is 0.347 e. The van der Waals surface area contributed by atoms with Crippen LogP contribution in [0.15, 0.2) is 36.4 Å². The number of hydrogen-bond donors (Lipinski definition) is 1. The highest BCUT2D eigenvalue weighted by molar-refractivity contribution is 6.00. The lowest BCUT2D eigenvalue weighted by molar-refractivity contribution is -0.168. The van der Waals surface area contributed by atoms with Gasteiger partial charge in [0.05, 0.1) is 7.11 Å². The van der Waals surface area contributed by atoms with Gasteiger partial charge in [-0.25, -0.2) is 5.06 Å². The van der Waals surface area contributed by atoms with Crippen molar-refractivity contribution in [2.45, 2.75) is 39.2 Å². The summed E-state index contributed by atoms with van der Waals surface area (Å²) in [5.41, 5.74) is 1.14. The van der Waals surface area contributed by atoms with Crippen molar-refractivity contribution >= 4 is 22.6 Å². The van der Waals surface area contributed by atoms with E-state index in [9.17, 15) is 9.59 Å². The van der Waals surface area contributed by atoms with Crippen molar-refractivity contribution in [2.75, 3.05) is 14.2 Å². The van der Waals surface area contributed by atoms with Gasteiger partial charge in [0.15, 0.2) is 0 Å². The van der Waals surface area contributed by atoms with Crippen molar-refractivity contribution in [1.82, 2.24) is 10.4 Å². The molecule has 0 aliphatic carbocycles. The number of carbonyl (C=O) groups is 2. The molecular weight excluding hydrogens is 316 g/mol. The Morgan fingerprint density at radius 3 is 2.28 bits per heavy atom. The van der Waals surface area contributed by atoms with Gasteiger partial charge in [-0.1, -0.05) is 30.3 Å². The maximum Gasteiger partial charge on any atom is 0.251 e. The Morgan fingerprint density at radius 2 is 1.72 bits per heavy atom. The second-order valence-corrected chi connectivity index (χ2v) is 7.13. The van der Waals surface area contributed by atoms with Crippen molar-refractivity contribution in [3.63, 3.8) is 0 Å². The number of nitrogens with zero attached hydrogens (tertiary/aromatic N) is 1. The second-order valence-electron chi connectivity index (χ2n) is 7.13. The molecule has 2 aromatic carbocycles. The van der Waals surface area contributed by atoms with Gasteiger partial charge in [-0.05, 0) is 49.6 Å². The minimum atomic E-state index is -0.327. The minimum absolute atomic E-state index is 0.124. The first-order valence-electron chi connectivity index (χ1n) is 8.36. The maximum absolute atomic E-state index is 12.7. The van der Waals surface area contributed by atoms with Gasteiger partial charge < -0.3 is 5.32 Å². The van der Waals surface area contributed by atoms with Crippen molar-refractivity contribution in [2.24, 2.45) is 0 Å². The third-order valence-corrected chi connectivity index (χ3v) is 3.94. The number of amides is 2. The monoisotopic (exact) mass is 342 g/mol. The van der Waals surface area contributed by atoms with Gasteiger partial charge in [-0.3, -0.25) is 14.4 Å². The van der Waals surface area contributed by atoms with Crippen molar-refractivity contribution in [3.8, 4) is 0 Å². The van der Waals surface area contributed by atoms with E-state index in [1.165, 1.54) is 12.2 Å². The standard InChI is InChI=1S/C20H26N2O3/c1-20(2,3)21-19(24)17-13-15-9-7-6-8-14(15)12-16(17)10-11-18(23)22(4)25-5/h6-9,12-13H,10-11H2,1-5H3,(H,21,24). The summed E-state index contributed by atoms with van der Waals surface area (Å²) in [4.78, 5) is 29.7. The number of aryl methyl sites for hydroxylation is 1. The van der Waals surface area contributed by atoms with Crippen LogP contribution in [0.25, 0.3) is 10.8 Å². The molecule has 25 heavy (non-hydrogen) atoms. The molecule has 0 fully saturated rings. The molecule has 2 rings (SSSR count). The Kier molecular flexibility index (Phi) is 5.80. The van der Waals surface area contributed by atoms with Gasteiger partial charge in [0.25, 0.3) is 5.91 Å². The van der Waals surface area contributed by atoms with E-state index in [2.05, 4.69) is 5.32 Å². The highest BCUT2D eigenvalue weighted by Crippen LogP contribution is 2.22. The number of carbonyl (C=O) groups excluding carboxylic acids is 2. The van der Waals surface area contributed by atoms with E-state index in [-0.39, 0.29) is 23.8 Å². The van der Waals surface area contributed by atoms with Crippen LogP contribution in [0.4, 0.5) is 0 Å². The fraction of sp³-hybridized carbons (Fsp3) is 0.400. The average Bonchev–Trinajstić information content (AvgIpc) is 2.56. The molecule has 5 nitrogen and oxygen atoms in total. The highest BCUT2D eigenvalue weighted by atomic mass is 16.7. The second kappa shape index (κ2) is 7.66. The van der Waals surface area contributed by atoms with Crippen molar-refractivity contribution in [1.29, 1.82) is 0 Å². The molecule has 1 N–H and O–H groups in total. The first-order chi connectivity index (χ1) is 11.7. The summed E-state index contributed by atoms with van der Waals surface area (Å²) < 4.78 is 0. The van der Waals surface area contributed by atoms with E-state index in [4.69, 9.17) is 4.84 Å². The fourth-order valence-electron chi connectivity index (χ4n) is 2.61. The number of hydrogen-bond acceptors (Lipinski definition) is 3. The summed E-state index contributed by atoms with van der Waals surface area (Å²) in [5, 5.41) is 6.27. The molecule has 0 bridgehead atoms. The zero-order chi connectivity index (χ0) is 18.6. The van der Waals surface area contributed by atoms with Gasteiger partial charge in [0.1, 0.15) is 0 Å². The molecule has 2 amide bonds. The van der Waals surface area contributed by atoms with Crippen LogP contribution < -0.4 is 5.32 Å². The summed E-state index contributed by atoms with van der Waals surface area (Å²) in [5.74, 6) is -0.251. The number of hydroxylamine groups is 2. The van der Waals surface area contributed by atoms with E-state index in [1.807, 2.05) is 57.2 Å². The van der Waals surface area contributed by atoms with E-state index >= 15 is 0 Å². The zero-order valence-corrected chi connectivity index (χ0v) is 15.6. The number of nitrogens with one attached hydrogen (secondary N) is 1. The zero-order valence-electron chi connectivity index (χ0n) is 15.6. The van der Waals surface area contributed by atoms with Crippen LogP contribution >= 0.6 is 0 Å². The predicted molar refractivity (Wildman–Crippen MR) is 99.3 cm³/mol. The molecule has 134 valence electrons. The fourth-order valence-corrected chi connectivity index (χ4v) is 2.61. The Morgan fingerprint density at radius 1 is 1.12 bits per heavy atom. The third-order valence-electron chi connectivity index (χ3n) is 3.94. The van der Waals surface area contributed by atoms with Crippen LogP contribution in [0.5, 0.6) is 0 Å². The smallest absolute Gasteiger partial charge is 0.251 e. The molecule has 0 radical (unpaired) electrons. The van der Waals surface area contributed by atoms with Crippen LogP contribution in [0.1, 0.15) is 43.1 Å². The van der Waals surface area contributed by atoms with Gasteiger partial charge in [0, 0.05) is 24.6 Å². The maximum atomic E-state index is 12.7. The Bertz CT molecular complexity index is 778. The first kappa shape index (κ1) is 18.9. The van der Waals surface area contributed by atoms with Crippen molar-refractivity contribution in [3.05, 3.63) is 47.5 Å². The number of fused-ring (bicyclic) bond motifs is 1. The van der Waals surface area contributed by atoms with Crippen LogP contribution in [0.3, 0.4) is 0 Å². The van der Waals surface area contributed by atoms with Crippen LogP contribution in [0.2, 0.25) is 0 Å². The van der Waals surface area contributed by atoms with Crippen LogP contribution in [0, 0.1) is 0 Å². The minimum Gasteiger partial charge on any atom is -0.347 e. The SMILES string of the molecule is CON(C)C(=O)CCc1cc2ccccc2cc1C(=O)NC(C)(C)C. The van der Waals surface area contributed by atoms with Crippen molar-refractivity contribution < 1.29 is 14.4 Å². The Balaban J connectivity index is 2.36. The lowest BCUT2D eigenvalue weighted by atomic mass is 9.96. The van der Waals surface area contributed by atoms with Gasteiger partial charge in [0.2, 0.25) is 5.91 Å². The van der Waals surface area contributed by atoms with E-state index in [1.54, 1.807) is 7.05 Å². The average molecular weight is 342 g/mol. The Hall–Kier alpha value is -2.40. The molecule has 0 saturated heterocycles. The third kappa shape index (κ3) is 5.03. The van der Waals surface area contributed by atoms with Crippen LogP contribution in [-0.2, 0) is 16.1 Å². The quantitative estimate of drug-likeness (QED) is 0.848. The Labute approximate surface area is 148 Å². The summed E-state index contributed by atoms with van der Waals surface area (Å²) >= 11 is 0. The summed E-state index contributed by atoms with van der Waals surface area (Å²) in [6.07, 6.45) is 0.753. The molecule has 0 spiro atoms. The number of benzene rings is 2. The molecular formula is C20H26N2O3. The van der Waals surface area contributed by atoms with E-state index in [0.29, 0.717) is 12.0 Å². The molecule has 0 aliphatic heterocycles. The normalized spacial score (nSPS) is 11.4. The molecule has 5 heteroatoms. The van der Waals surface area contributed by atoms with E-state index in [0.717, 1.165) is 16.3 Å². The molecule has 0 saturated carbocycles. The molecule has 0 unspecified atom stereocenters. The highest BCUT2D eigenvalue weighted by Gasteiger charge is 2.19. The summed E-state index contributed by atoms with van der Waals surface area (Å²) in [7, 11) is 3.03. The topological polar surface area (TPSA) is 58.6 Å². The molecule has 0 aliphatic rings. The summed E-state index contributed by atoms with van der Waals surface area (Å²) in [6, 6.07) is 11.8. The molecule has 2 aromatic rings. The predicted octanol–water partition coefficient (Wildman–Crippen LogP) is 3.32. The van der Waals surface area contributed by atoms with Gasteiger partial charge >= 0.3 is 0 Å². The lowest BCUT2D eigenvalue weighted by Crippen LogP contribution is -2.41. The molecule has 0 aromatic heterocycles. The number of rotatable bonds is 5. The molecule has 0 heterocycles. The molecule has 0 atom stereocenters. The van der Waals surface area contributed by atoms with Crippen LogP contribution in [-0.4, -0.2) is 36.6 Å².